The molecule has 0 amide bonds. The first-order valence-corrected chi connectivity index (χ1v) is 16.3. The number of rotatable bonds is 27. The van der Waals surface area contributed by atoms with Gasteiger partial charge < -0.3 is 9.05 Å². The lowest BCUT2D eigenvalue weighted by atomic mass is 10.1. The van der Waals surface area contributed by atoms with E-state index in [1.807, 2.05) is 0 Å². The van der Waals surface area contributed by atoms with Crippen molar-refractivity contribution in [3.8, 4) is 0 Å². The Kier molecular flexibility index (Phi) is 25.9. The summed E-state index contributed by atoms with van der Waals surface area (Å²) in [5, 5.41) is 0. The molecule has 0 aliphatic heterocycles. The molecule has 3 nitrogen and oxygen atoms in total. The SMILES string of the molecule is CCCCCCCCCCCCOP(=O)(CCCC)OCCCCCCCCCCCC. The van der Waals surface area contributed by atoms with Crippen molar-refractivity contribution in [2.24, 2.45) is 0 Å². The fraction of sp³-hybridized carbons (Fsp3) is 1.00. The van der Waals surface area contributed by atoms with E-state index in [0.29, 0.717) is 19.4 Å². The fourth-order valence-corrected chi connectivity index (χ4v) is 5.96. The maximum atomic E-state index is 13.0. The Morgan fingerprint density at radius 1 is 0.406 bits per heavy atom. The highest BCUT2D eigenvalue weighted by Crippen LogP contribution is 2.49. The fourth-order valence-electron chi connectivity index (χ4n) is 4.10. The molecule has 0 atom stereocenters. The third-order valence-corrected chi connectivity index (χ3v) is 8.37. The van der Waals surface area contributed by atoms with E-state index < -0.39 is 7.60 Å². The van der Waals surface area contributed by atoms with Crippen LogP contribution in [0.25, 0.3) is 0 Å². The normalized spacial score (nSPS) is 12.0. The maximum Gasteiger partial charge on any atom is 0.330 e. The van der Waals surface area contributed by atoms with E-state index in [2.05, 4.69) is 20.8 Å². The Hall–Kier alpha value is 0.150. The molecule has 32 heavy (non-hydrogen) atoms. The van der Waals surface area contributed by atoms with E-state index in [-0.39, 0.29) is 0 Å². The third-order valence-electron chi connectivity index (χ3n) is 6.36. The Labute approximate surface area is 202 Å². The highest BCUT2D eigenvalue weighted by Gasteiger charge is 2.23. The predicted molar refractivity (Wildman–Crippen MR) is 143 cm³/mol. The second-order valence-corrected chi connectivity index (χ2v) is 11.9. The molecule has 0 bridgehead atoms. The smallest absolute Gasteiger partial charge is 0.309 e. The van der Waals surface area contributed by atoms with Crippen LogP contribution in [0.2, 0.25) is 0 Å². The van der Waals surface area contributed by atoms with Gasteiger partial charge in [-0.15, -0.1) is 0 Å². The van der Waals surface area contributed by atoms with Gasteiger partial charge in [-0.1, -0.05) is 143 Å². The van der Waals surface area contributed by atoms with Crippen LogP contribution < -0.4 is 0 Å². The van der Waals surface area contributed by atoms with Crippen LogP contribution >= 0.6 is 7.60 Å². The zero-order valence-corrected chi connectivity index (χ0v) is 23.2. The second kappa shape index (κ2) is 25.8. The molecule has 0 heterocycles. The van der Waals surface area contributed by atoms with E-state index in [1.54, 1.807) is 0 Å². The summed E-state index contributed by atoms with van der Waals surface area (Å²) < 4.78 is 24.7. The van der Waals surface area contributed by atoms with Crippen molar-refractivity contribution in [3.63, 3.8) is 0 Å². The van der Waals surface area contributed by atoms with Gasteiger partial charge in [-0.3, -0.25) is 4.57 Å². The Morgan fingerprint density at radius 2 is 0.688 bits per heavy atom. The van der Waals surface area contributed by atoms with Gasteiger partial charge in [0.25, 0.3) is 0 Å². The van der Waals surface area contributed by atoms with Gasteiger partial charge in [0.15, 0.2) is 0 Å². The Balaban J connectivity index is 3.70. The second-order valence-electron chi connectivity index (χ2n) is 9.72. The largest absolute Gasteiger partial charge is 0.330 e. The maximum absolute atomic E-state index is 13.0. The minimum Gasteiger partial charge on any atom is -0.309 e. The van der Waals surface area contributed by atoms with E-state index in [1.165, 1.54) is 116 Å². The molecule has 0 saturated carbocycles. The van der Waals surface area contributed by atoms with Crippen LogP contribution in [0.4, 0.5) is 0 Å². The van der Waals surface area contributed by atoms with Gasteiger partial charge in [0, 0.05) is 0 Å². The van der Waals surface area contributed by atoms with Crippen LogP contribution in [0.5, 0.6) is 0 Å². The van der Waals surface area contributed by atoms with Crippen LogP contribution in [-0.2, 0) is 13.6 Å². The van der Waals surface area contributed by atoms with Gasteiger partial charge in [0.05, 0.1) is 19.4 Å². The highest BCUT2D eigenvalue weighted by atomic mass is 31.2. The summed E-state index contributed by atoms with van der Waals surface area (Å²) in [4.78, 5) is 0. The van der Waals surface area contributed by atoms with Gasteiger partial charge in [-0.2, -0.15) is 0 Å². The number of hydrogen-bond acceptors (Lipinski definition) is 3. The van der Waals surface area contributed by atoms with Gasteiger partial charge in [0.2, 0.25) is 0 Å². The van der Waals surface area contributed by atoms with Gasteiger partial charge in [-0.05, 0) is 19.3 Å². The summed E-state index contributed by atoms with van der Waals surface area (Å²) >= 11 is 0. The summed E-state index contributed by atoms with van der Waals surface area (Å²) in [6.45, 7) is 7.86. The lowest BCUT2D eigenvalue weighted by Gasteiger charge is -2.18. The van der Waals surface area contributed by atoms with Gasteiger partial charge in [0.1, 0.15) is 0 Å². The molecular formula is C28H59O3P. The lowest BCUT2D eigenvalue weighted by Crippen LogP contribution is -2.03. The van der Waals surface area contributed by atoms with Crippen LogP contribution in [0, 0.1) is 0 Å². The van der Waals surface area contributed by atoms with Crippen molar-refractivity contribution in [1.29, 1.82) is 0 Å². The first kappa shape index (κ1) is 32.1. The van der Waals surface area contributed by atoms with Crippen LogP contribution in [0.1, 0.15) is 162 Å². The van der Waals surface area contributed by atoms with Crippen molar-refractivity contribution in [3.05, 3.63) is 0 Å². The molecule has 0 rings (SSSR count). The number of hydrogen-bond donors (Lipinski definition) is 0. The Morgan fingerprint density at radius 3 is 1.00 bits per heavy atom. The summed E-state index contributed by atoms with van der Waals surface area (Å²) in [7, 11) is -2.89. The first-order chi connectivity index (χ1) is 15.7. The molecule has 0 N–H and O–H groups in total. The minimum absolute atomic E-state index is 0.582. The summed E-state index contributed by atoms with van der Waals surface area (Å²) in [6.07, 6.45) is 28.6. The van der Waals surface area contributed by atoms with Crippen LogP contribution in [0.3, 0.4) is 0 Å². The molecule has 0 radical (unpaired) electrons. The molecule has 0 unspecified atom stereocenters. The molecule has 0 aromatic carbocycles. The molecule has 0 aliphatic rings. The van der Waals surface area contributed by atoms with Crippen LogP contribution in [-0.4, -0.2) is 19.4 Å². The van der Waals surface area contributed by atoms with Crippen LogP contribution in [0.15, 0.2) is 0 Å². The van der Waals surface area contributed by atoms with Crippen molar-refractivity contribution in [1.82, 2.24) is 0 Å². The zero-order chi connectivity index (χ0) is 23.6. The molecule has 0 aromatic rings. The molecule has 0 saturated heterocycles. The van der Waals surface area contributed by atoms with E-state index in [9.17, 15) is 4.57 Å². The molecule has 0 aliphatic carbocycles. The monoisotopic (exact) mass is 474 g/mol. The summed E-state index contributed by atoms with van der Waals surface area (Å²) in [6, 6.07) is 0. The average molecular weight is 475 g/mol. The quantitative estimate of drug-likeness (QED) is 0.0877. The standard InChI is InChI=1S/C28H59O3P/c1-4-7-10-12-14-16-18-20-22-24-26-30-32(29,28-9-6-3)31-27-25-23-21-19-17-15-13-11-8-5-2/h4-28H2,1-3H3. The van der Waals surface area contributed by atoms with Crippen molar-refractivity contribution < 1.29 is 13.6 Å². The van der Waals surface area contributed by atoms with E-state index >= 15 is 0 Å². The van der Waals surface area contributed by atoms with E-state index in [0.717, 1.165) is 25.7 Å². The van der Waals surface area contributed by atoms with Crippen molar-refractivity contribution >= 4 is 7.60 Å². The lowest BCUT2D eigenvalue weighted by molar-refractivity contribution is 0.197. The molecule has 194 valence electrons. The Bertz CT molecular complexity index is 370. The molecular weight excluding hydrogens is 415 g/mol. The highest BCUT2D eigenvalue weighted by molar-refractivity contribution is 7.53. The van der Waals surface area contributed by atoms with Gasteiger partial charge >= 0.3 is 7.60 Å². The van der Waals surface area contributed by atoms with Crippen molar-refractivity contribution in [2.45, 2.75) is 162 Å². The predicted octanol–water partition coefficient (Wildman–Crippen LogP) is 10.9. The first-order valence-electron chi connectivity index (χ1n) is 14.6. The molecule has 4 heteroatoms. The average Bonchev–Trinajstić information content (AvgIpc) is 2.80. The van der Waals surface area contributed by atoms with Crippen molar-refractivity contribution in [2.75, 3.05) is 19.4 Å². The molecule has 0 fully saturated rings. The third kappa shape index (κ3) is 23.3. The summed E-state index contributed by atoms with van der Waals surface area (Å²) in [5.41, 5.74) is 0. The topological polar surface area (TPSA) is 35.5 Å². The molecule has 0 spiro atoms. The molecule has 0 aromatic heterocycles. The summed E-state index contributed by atoms with van der Waals surface area (Å²) in [5.74, 6) is 0. The minimum atomic E-state index is -2.89. The number of unbranched alkanes of at least 4 members (excludes halogenated alkanes) is 19. The van der Waals surface area contributed by atoms with E-state index in [4.69, 9.17) is 9.05 Å². The van der Waals surface area contributed by atoms with Gasteiger partial charge in [-0.25, -0.2) is 0 Å². The zero-order valence-electron chi connectivity index (χ0n) is 22.3.